The molecule has 0 saturated carbocycles. The van der Waals surface area contributed by atoms with Crippen molar-refractivity contribution in [2.75, 3.05) is 26.1 Å². The minimum atomic E-state index is -0.464. The number of methoxy groups -OCH3 is 2. The molecule has 0 aliphatic rings. The molecule has 0 bridgehead atoms. The summed E-state index contributed by atoms with van der Waals surface area (Å²) in [6.45, 7) is 3.58. The molecule has 0 aliphatic heterocycles. The van der Waals surface area contributed by atoms with Crippen molar-refractivity contribution in [3.8, 4) is 11.5 Å². The first-order chi connectivity index (χ1) is 15.0. The second-order valence-corrected chi connectivity index (χ2v) is 6.71. The van der Waals surface area contributed by atoms with E-state index in [2.05, 4.69) is 11.9 Å². The third kappa shape index (κ3) is 7.62. The number of benzene rings is 2. The standard InChI is InChI=1S/C24H27NO6/c1-4-14-31-24(28)13-12-23(27)25-19-7-5-6-18(16-19)20(26)10-8-17-9-11-21(29-2)22(15-17)30-3/h4-7,9,11,15-16H,1,8,10,12-14H2,2-3H3,(H,25,27). The number of esters is 1. The molecule has 2 rings (SSSR count). The lowest BCUT2D eigenvalue weighted by Crippen LogP contribution is -2.15. The molecule has 1 N–H and O–H groups in total. The van der Waals surface area contributed by atoms with Crippen molar-refractivity contribution in [1.29, 1.82) is 0 Å². The van der Waals surface area contributed by atoms with Crippen molar-refractivity contribution in [1.82, 2.24) is 0 Å². The quantitative estimate of drug-likeness (QED) is 0.314. The fraction of sp³-hybridized carbons (Fsp3) is 0.292. The van der Waals surface area contributed by atoms with Gasteiger partial charge in [0.2, 0.25) is 5.91 Å². The van der Waals surface area contributed by atoms with Crippen LogP contribution in [0.15, 0.2) is 55.1 Å². The minimum Gasteiger partial charge on any atom is -0.493 e. The Bertz CT molecular complexity index is 937. The predicted octanol–water partition coefficient (Wildman–Crippen LogP) is 3.97. The zero-order valence-electron chi connectivity index (χ0n) is 17.8. The monoisotopic (exact) mass is 425 g/mol. The molecule has 0 saturated heterocycles. The lowest BCUT2D eigenvalue weighted by Gasteiger charge is -2.10. The molecule has 7 nitrogen and oxygen atoms in total. The normalized spacial score (nSPS) is 10.1. The average Bonchev–Trinajstić information content (AvgIpc) is 2.79. The first-order valence-corrected chi connectivity index (χ1v) is 9.87. The minimum absolute atomic E-state index is 0.00650. The molecule has 1 amide bonds. The third-order valence-corrected chi connectivity index (χ3v) is 4.48. The molecule has 0 unspecified atom stereocenters. The van der Waals surface area contributed by atoms with Gasteiger partial charge in [0.05, 0.1) is 20.6 Å². The van der Waals surface area contributed by atoms with Crippen LogP contribution < -0.4 is 14.8 Å². The van der Waals surface area contributed by atoms with Gasteiger partial charge in [0.25, 0.3) is 0 Å². The number of anilines is 1. The largest absolute Gasteiger partial charge is 0.493 e. The van der Waals surface area contributed by atoms with E-state index < -0.39 is 5.97 Å². The summed E-state index contributed by atoms with van der Waals surface area (Å²) in [5.41, 5.74) is 1.96. The number of ketones is 1. The van der Waals surface area contributed by atoms with Gasteiger partial charge in [0.1, 0.15) is 6.61 Å². The van der Waals surface area contributed by atoms with Gasteiger partial charge >= 0.3 is 5.97 Å². The van der Waals surface area contributed by atoms with Gasteiger partial charge in [-0.15, -0.1) is 0 Å². The highest BCUT2D eigenvalue weighted by Gasteiger charge is 2.11. The Labute approximate surface area is 182 Å². The van der Waals surface area contributed by atoms with Crippen LogP contribution in [0.25, 0.3) is 0 Å². The van der Waals surface area contributed by atoms with Crippen LogP contribution in [0.4, 0.5) is 5.69 Å². The molecule has 0 radical (unpaired) electrons. The van der Waals surface area contributed by atoms with Crippen LogP contribution in [-0.4, -0.2) is 38.5 Å². The van der Waals surface area contributed by atoms with Crippen LogP contribution in [0.2, 0.25) is 0 Å². The third-order valence-electron chi connectivity index (χ3n) is 4.48. The van der Waals surface area contributed by atoms with E-state index in [1.54, 1.807) is 38.5 Å². The van der Waals surface area contributed by atoms with Crippen molar-refractivity contribution in [3.05, 3.63) is 66.2 Å². The van der Waals surface area contributed by atoms with Crippen LogP contribution in [0.3, 0.4) is 0 Å². The first-order valence-electron chi connectivity index (χ1n) is 9.87. The van der Waals surface area contributed by atoms with E-state index in [1.165, 1.54) is 6.08 Å². The highest BCUT2D eigenvalue weighted by Crippen LogP contribution is 2.28. The predicted molar refractivity (Wildman–Crippen MR) is 118 cm³/mol. The number of ether oxygens (including phenoxy) is 3. The average molecular weight is 425 g/mol. The Morgan fingerprint density at radius 3 is 2.45 bits per heavy atom. The Balaban J connectivity index is 1.90. The second-order valence-electron chi connectivity index (χ2n) is 6.71. The summed E-state index contributed by atoms with van der Waals surface area (Å²) in [6.07, 6.45) is 2.29. The van der Waals surface area contributed by atoms with Gasteiger partial charge in [0, 0.05) is 24.1 Å². The topological polar surface area (TPSA) is 90.9 Å². The van der Waals surface area contributed by atoms with E-state index >= 15 is 0 Å². The highest BCUT2D eigenvalue weighted by molar-refractivity contribution is 5.98. The summed E-state index contributed by atoms with van der Waals surface area (Å²) in [6, 6.07) is 12.3. The number of amides is 1. The zero-order valence-corrected chi connectivity index (χ0v) is 17.8. The summed E-state index contributed by atoms with van der Waals surface area (Å²) in [4.78, 5) is 36.1. The summed E-state index contributed by atoms with van der Waals surface area (Å²) in [5.74, 6) is 0.416. The molecular weight excluding hydrogens is 398 g/mol. The van der Waals surface area contributed by atoms with Crippen LogP contribution >= 0.6 is 0 Å². The molecule has 0 fully saturated rings. The molecule has 2 aromatic carbocycles. The maximum absolute atomic E-state index is 12.6. The fourth-order valence-electron chi connectivity index (χ4n) is 2.87. The van der Waals surface area contributed by atoms with Crippen molar-refractivity contribution >= 4 is 23.3 Å². The van der Waals surface area contributed by atoms with Crippen LogP contribution in [0.1, 0.15) is 35.2 Å². The molecule has 0 aliphatic carbocycles. The Kier molecular flexibility index (Phi) is 9.29. The summed E-state index contributed by atoms with van der Waals surface area (Å²) >= 11 is 0. The summed E-state index contributed by atoms with van der Waals surface area (Å²) < 4.78 is 15.4. The number of aryl methyl sites for hydroxylation is 1. The molecule has 2 aromatic rings. The number of carbonyl (C=O) groups excluding carboxylic acids is 3. The van der Waals surface area contributed by atoms with E-state index in [0.29, 0.717) is 35.6 Å². The van der Waals surface area contributed by atoms with Gasteiger partial charge in [-0.25, -0.2) is 0 Å². The number of carbonyl (C=O) groups is 3. The Morgan fingerprint density at radius 2 is 1.74 bits per heavy atom. The van der Waals surface area contributed by atoms with Gasteiger partial charge in [-0.1, -0.05) is 30.9 Å². The molecular formula is C24H27NO6. The number of hydrogen-bond donors (Lipinski definition) is 1. The highest BCUT2D eigenvalue weighted by atomic mass is 16.5. The maximum Gasteiger partial charge on any atom is 0.306 e. The molecule has 0 atom stereocenters. The van der Waals surface area contributed by atoms with Crippen molar-refractivity contribution in [2.24, 2.45) is 0 Å². The van der Waals surface area contributed by atoms with Gasteiger partial charge in [-0.2, -0.15) is 0 Å². The van der Waals surface area contributed by atoms with E-state index in [-0.39, 0.29) is 31.1 Å². The number of nitrogens with one attached hydrogen (secondary N) is 1. The molecule has 0 heterocycles. The molecule has 164 valence electrons. The SMILES string of the molecule is C=CCOC(=O)CCC(=O)Nc1cccc(C(=O)CCc2ccc(OC)c(OC)c2)c1. The number of Topliss-reactive ketones (excluding diaryl/α,β-unsaturated/α-hetero) is 1. The Morgan fingerprint density at radius 1 is 0.968 bits per heavy atom. The molecule has 31 heavy (non-hydrogen) atoms. The Hall–Kier alpha value is -3.61. The van der Waals surface area contributed by atoms with Gasteiger partial charge in [-0.3, -0.25) is 14.4 Å². The van der Waals surface area contributed by atoms with Crippen LogP contribution in [0, 0.1) is 0 Å². The van der Waals surface area contributed by atoms with Crippen molar-refractivity contribution in [2.45, 2.75) is 25.7 Å². The summed E-state index contributed by atoms with van der Waals surface area (Å²) in [5, 5.41) is 2.70. The van der Waals surface area contributed by atoms with Crippen LogP contribution in [-0.2, 0) is 20.7 Å². The molecule has 0 spiro atoms. The molecule has 7 heteroatoms. The lowest BCUT2D eigenvalue weighted by atomic mass is 10.0. The molecule has 0 aromatic heterocycles. The number of rotatable bonds is 12. The van der Waals surface area contributed by atoms with E-state index in [4.69, 9.17) is 14.2 Å². The van der Waals surface area contributed by atoms with Crippen LogP contribution in [0.5, 0.6) is 11.5 Å². The fourth-order valence-corrected chi connectivity index (χ4v) is 2.87. The van der Waals surface area contributed by atoms with Crippen molar-refractivity contribution in [3.63, 3.8) is 0 Å². The van der Waals surface area contributed by atoms with E-state index in [1.807, 2.05) is 18.2 Å². The van der Waals surface area contributed by atoms with Crippen molar-refractivity contribution < 1.29 is 28.6 Å². The van der Waals surface area contributed by atoms with E-state index in [0.717, 1.165) is 5.56 Å². The van der Waals surface area contributed by atoms with Gasteiger partial charge in [-0.05, 0) is 36.2 Å². The zero-order chi connectivity index (χ0) is 22.6. The van der Waals surface area contributed by atoms with Gasteiger partial charge in [0.15, 0.2) is 17.3 Å². The van der Waals surface area contributed by atoms with E-state index in [9.17, 15) is 14.4 Å². The van der Waals surface area contributed by atoms with Gasteiger partial charge < -0.3 is 19.5 Å². The lowest BCUT2D eigenvalue weighted by molar-refractivity contribution is -0.143. The smallest absolute Gasteiger partial charge is 0.306 e. The number of hydrogen-bond acceptors (Lipinski definition) is 6. The first kappa shape index (κ1) is 23.7. The second kappa shape index (κ2) is 12.2. The summed E-state index contributed by atoms with van der Waals surface area (Å²) in [7, 11) is 3.14. The maximum atomic E-state index is 12.6.